The van der Waals surface area contributed by atoms with E-state index in [0.717, 1.165) is 5.69 Å². The van der Waals surface area contributed by atoms with E-state index in [1.165, 1.54) is 6.07 Å². The number of para-hydroxylation sites is 1. The first-order valence-corrected chi connectivity index (χ1v) is 8.96. The number of anilines is 2. The molecule has 8 nitrogen and oxygen atoms in total. The van der Waals surface area contributed by atoms with Crippen LogP contribution in [0.15, 0.2) is 58.5 Å². The van der Waals surface area contributed by atoms with E-state index in [1.807, 2.05) is 30.3 Å². The van der Waals surface area contributed by atoms with Crippen molar-refractivity contribution in [2.24, 2.45) is 15.7 Å². The number of nitrogens with one attached hydrogen (secondary N) is 3. The van der Waals surface area contributed by atoms with Crippen LogP contribution in [0.4, 0.5) is 11.4 Å². The number of carbonyl (C=O) groups is 2. The molecular weight excluding hydrogens is 403 g/mol. The standard InChI is InChI=1S/C18H16Cl2N6O2/c19-10-6-7-13(12(20)8-10)23-15(27)9-14-16(28)25-18(24-14)26-17(21)22-11-4-2-1-3-5-11/h1-8,14H,9H2,(H,23,27)(H4,21,22,24,25,26,28)/t14-/m1/s1. The summed E-state index contributed by atoms with van der Waals surface area (Å²) in [4.78, 5) is 32.4. The number of amides is 2. The largest absolute Gasteiger partial charge is 0.369 e. The van der Waals surface area contributed by atoms with Gasteiger partial charge in [-0.2, -0.15) is 4.99 Å². The number of nitrogens with two attached hydrogens (primary N) is 1. The van der Waals surface area contributed by atoms with Crippen LogP contribution in [-0.4, -0.2) is 29.8 Å². The number of carbonyl (C=O) groups excluding carboxylic acids is 2. The summed E-state index contributed by atoms with van der Waals surface area (Å²) in [7, 11) is 0. The Kier molecular flexibility index (Phi) is 6.13. The van der Waals surface area contributed by atoms with Gasteiger partial charge < -0.3 is 16.4 Å². The molecule has 0 saturated heterocycles. The molecular formula is C18H16Cl2N6O2. The zero-order chi connectivity index (χ0) is 20.1. The molecule has 0 radical (unpaired) electrons. The van der Waals surface area contributed by atoms with Gasteiger partial charge in [0.05, 0.1) is 17.1 Å². The molecule has 0 aliphatic carbocycles. The Bertz CT molecular complexity index is 962. The van der Waals surface area contributed by atoms with E-state index >= 15 is 0 Å². The van der Waals surface area contributed by atoms with E-state index in [0.29, 0.717) is 15.7 Å². The second kappa shape index (κ2) is 8.73. The van der Waals surface area contributed by atoms with Crippen LogP contribution in [0.2, 0.25) is 10.0 Å². The predicted molar refractivity (Wildman–Crippen MR) is 111 cm³/mol. The smallest absolute Gasteiger partial charge is 0.252 e. The molecule has 0 saturated carbocycles. The minimum absolute atomic E-state index is 0.0354. The zero-order valence-electron chi connectivity index (χ0n) is 14.4. The molecule has 28 heavy (non-hydrogen) atoms. The van der Waals surface area contributed by atoms with Gasteiger partial charge in [0.2, 0.25) is 17.8 Å². The predicted octanol–water partition coefficient (Wildman–Crippen LogP) is 2.60. The Morgan fingerprint density at radius 1 is 1.18 bits per heavy atom. The van der Waals surface area contributed by atoms with Crippen LogP contribution in [-0.2, 0) is 9.59 Å². The number of aliphatic imine (C=N–C) groups is 2. The van der Waals surface area contributed by atoms with Gasteiger partial charge in [0.1, 0.15) is 6.04 Å². The maximum atomic E-state index is 12.2. The topological polar surface area (TPSA) is 121 Å². The minimum atomic E-state index is -0.908. The number of rotatable bonds is 4. The van der Waals surface area contributed by atoms with Crippen molar-refractivity contribution in [1.82, 2.24) is 5.32 Å². The molecule has 2 amide bonds. The second-order valence-corrected chi connectivity index (χ2v) is 6.67. The molecule has 144 valence electrons. The summed E-state index contributed by atoms with van der Waals surface area (Å²) in [6.45, 7) is 0. The third kappa shape index (κ3) is 5.21. The maximum absolute atomic E-state index is 12.2. The molecule has 0 aromatic heterocycles. The average molecular weight is 419 g/mol. The fourth-order valence-electron chi connectivity index (χ4n) is 2.41. The highest BCUT2D eigenvalue weighted by Crippen LogP contribution is 2.25. The van der Waals surface area contributed by atoms with Crippen molar-refractivity contribution < 1.29 is 9.59 Å². The number of guanidine groups is 2. The molecule has 2 aromatic rings. The van der Waals surface area contributed by atoms with Gasteiger partial charge in [-0.1, -0.05) is 41.4 Å². The lowest BCUT2D eigenvalue weighted by molar-refractivity contribution is -0.123. The fraction of sp³-hybridized carbons (Fsp3) is 0.111. The monoisotopic (exact) mass is 418 g/mol. The first-order chi connectivity index (χ1) is 13.4. The van der Waals surface area contributed by atoms with E-state index in [9.17, 15) is 9.59 Å². The van der Waals surface area contributed by atoms with Crippen molar-refractivity contribution in [2.45, 2.75) is 12.5 Å². The van der Waals surface area contributed by atoms with Crippen LogP contribution in [0.25, 0.3) is 0 Å². The van der Waals surface area contributed by atoms with Gasteiger partial charge in [-0.3, -0.25) is 14.9 Å². The molecule has 0 bridgehead atoms. The zero-order valence-corrected chi connectivity index (χ0v) is 16.0. The van der Waals surface area contributed by atoms with Crippen LogP contribution in [0, 0.1) is 0 Å². The first-order valence-electron chi connectivity index (χ1n) is 8.20. The molecule has 5 N–H and O–H groups in total. The van der Waals surface area contributed by atoms with E-state index in [4.69, 9.17) is 28.9 Å². The third-order valence-electron chi connectivity index (χ3n) is 3.67. The molecule has 10 heteroatoms. The van der Waals surface area contributed by atoms with Crippen LogP contribution in [0.3, 0.4) is 0 Å². The summed E-state index contributed by atoms with van der Waals surface area (Å²) in [6, 6.07) is 12.9. The lowest BCUT2D eigenvalue weighted by atomic mass is 10.2. The van der Waals surface area contributed by atoms with Crippen LogP contribution in [0.1, 0.15) is 6.42 Å². The summed E-state index contributed by atoms with van der Waals surface area (Å²) in [6.07, 6.45) is -0.171. The van der Waals surface area contributed by atoms with E-state index in [2.05, 4.69) is 25.9 Å². The van der Waals surface area contributed by atoms with Crippen molar-refractivity contribution in [3.05, 3.63) is 58.6 Å². The highest BCUT2D eigenvalue weighted by molar-refractivity contribution is 6.36. The van der Waals surface area contributed by atoms with E-state index in [1.54, 1.807) is 12.1 Å². The van der Waals surface area contributed by atoms with Gasteiger partial charge in [-0.05, 0) is 30.3 Å². The Labute approximate surface area is 170 Å². The number of hydrogen-bond donors (Lipinski definition) is 4. The normalized spacial score (nSPS) is 16.4. The van der Waals surface area contributed by atoms with Gasteiger partial charge >= 0.3 is 0 Å². The Balaban J connectivity index is 1.61. The molecule has 1 aliphatic heterocycles. The third-order valence-corrected chi connectivity index (χ3v) is 4.22. The average Bonchev–Trinajstić information content (AvgIpc) is 2.97. The summed E-state index contributed by atoms with van der Waals surface area (Å²) in [5, 5.41) is 8.73. The maximum Gasteiger partial charge on any atom is 0.252 e. The van der Waals surface area contributed by atoms with Crippen molar-refractivity contribution in [2.75, 3.05) is 10.6 Å². The molecule has 0 unspecified atom stereocenters. The van der Waals surface area contributed by atoms with Crippen LogP contribution < -0.4 is 21.7 Å². The molecule has 0 fully saturated rings. The van der Waals surface area contributed by atoms with Gasteiger partial charge in [-0.25, -0.2) is 4.99 Å². The molecule has 3 rings (SSSR count). The summed E-state index contributed by atoms with van der Waals surface area (Å²) in [5.41, 5.74) is 6.95. The van der Waals surface area contributed by atoms with Gasteiger partial charge in [-0.15, -0.1) is 0 Å². The number of nitrogens with zero attached hydrogens (tertiary/aromatic N) is 2. The SMILES string of the molecule is NC(=NC1=N[C@H](CC(=O)Nc2ccc(Cl)cc2Cl)C(=O)N1)Nc1ccccc1. The Hall–Kier alpha value is -3.10. The lowest BCUT2D eigenvalue weighted by Gasteiger charge is -2.08. The highest BCUT2D eigenvalue weighted by Gasteiger charge is 2.28. The second-order valence-electron chi connectivity index (χ2n) is 5.82. The summed E-state index contributed by atoms with van der Waals surface area (Å²) >= 11 is 11.8. The number of benzene rings is 2. The quantitative estimate of drug-likeness (QED) is 0.450. The van der Waals surface area contributed by atoms with Gasteiger partial charge in [0, 0.05) is 10.7 Å². The van der Waals surface area contributed by atoms with Crippen LogP contribution >= 0.6 is 23.2 Å². The highest BCUT2D eigenvalue weighted by atomic mass is 35.5. The fourth-order valence-corrected chi connectivity index (χ4v) is 2.86. The van der Waals surface area contributed by atoms with Crippen molar-refractivity contribution in [1.29, 1.82) is 0 Å². The number of halogens is 2. The molecule has 1 heterocycles. The van der Waals surface area contributed by atoms with Gasteiger partial charge in [0.25, 0.3) is 5.91 Å². The van der Waals surface area contributed by atoms with Crippen molar-refractivity contribution in [3.63, 3.8) is 0 Å². The Morgan fingerprint density at radius 2 is 1.93 bits per heavy atom. The molecule has 2 aromatic carbocycles. The first kappa shape index (κ1) is 19.7. The minimum Gasteiger partial charge on any atom is -0.369 e. The summed E-state index contributed by atoms with van der Waals surface area (Å²) < 4.78 is 0. The van der Waals surface area contributed by atoms with Crippen LogP contribution in [0.5, 0.6) is 0 Å². The van der Waals surface area contributed by atoms with E-state index < -0.39 is 17.9 Å². The van der Waals surface area contributed by atoms with Crippen molar-refractivity contribution in [3.8, 4) is 0 Å². The lowest BCUT2D eigenvalue weighted by Crippen LogP contribution is -2.32. The van der Waals surface area contributed by atoms with Gasteiger partial charge in [0.15, 0.2) is 0 Å². The summed E-state index contributed by atoms with van der Waals surface area (Å²) in [5.74, 6) is -0.770. The molecule has 1 atom stereocenters. The Morgan fingerprint density at radius 3 is 2.64 bits per heavy atom. The number of hydrogen-bond acceptors (Lipinski definition) is 4. The van der Waals surface area contributed by atoms with E-state index in [-0.39, 0.29) is 18.3 Å². The van der Waals surface area contributed by atoms with Crippen molar-refractivity contribution >= 4 is 58.3 Å². The molecule has 1 aliphatic rings. The molecule has 0 spiro atoms.